The van der Waals surface area contributed by atoms with Crippen LogP contribution < -0.4 is 10.5 Å². The van der Waals surface area contributed by atoms with E-state index in [9.17, 15) is 9.59 Å². The van der Waals surface area contributed by atoms with E-state index in [-0.39, 0.29) is 11.4 Å². The van der Waals surface area contributed by atoms with Gasteiger partial charge in [0.25, 0.3) is 5.56 Å². The second-order valence-electron chi connectivity index (χ2n) is 6.39. The van der Waals surface area contributed by atoms with Gasteiger partial charge >= 0.3 is 5.97 Å². The molecule has 7 heteroatoms. The molecule has 0 radical (unpaired) electrons. The lowest BCUT2D eigenvalue weighted by Crippen LogP contribution is -2.21. The Morgan fingerprint density at radius 3 is 2.48 bits per heavy atom. The molecule has 1 aromatic heterocycles. The Morgan fingerprint density at radius 1 is 1.17 bits per heavy atom. The molecule has 0 aliphatic carbocycles. The monoisotopic (exact) mass is 411 g/mol. The van der Waals surface area contributed by atoms with E-state index in [0.29, 0.717) is 21.5 Å². The second kappa shape index (κ2) is 8.92. The van der Waals surface area contributed by atoms with Gasteiger partial charge in [-0.2, -0.15) is 0 Å². The van der Waals surface area contributed by atoms with Crippen LogP contribution in [0.2, 0.25) is 0 Å². The summed E-state index contributed by atoms with van der Waals surface area (Å²) in [4.78, 5) is 33.5. The molecule has 0 aliphatic heterocycles. The fourth-order valence-corrected chi connectivity index (χ4v) is 3.30. The second-order valence-corrected chi connectivity index (χ2v) is 6.80. The van der Waals surface area contributed by atoms with Gasteiger partial charge in [-0.25, -0.2) is 9.78 Å². The number of aromatic nitrogens is 2. The molecule has 0 saturated heterocycles. The summed E-state index contributed by atoms with van der Waals surface area (Å²) < 4.78 is 4.72. The summed E-state index contributed by atoms with van der Waals surface area (Å²) in [6.07, 6.45) is 1.74. The van der Waals surface area contributed by atoms with Crippen molar-refractivity contribution in [2.75, 3.05) is 25.1 Å². The van der Waals surface area contributed by atoms with Crippen molar-refractivity contribution < 1.29 is 9.53 Å². The summed E-state index contributed by atoms with van der Waals surface area (Å²) in [6.45, 7) is 6.09. The topological polar surface area (TPSA) is 75.3 Å². The van der Waals surface area contributed by atoms with E-state index in [2.05, 4.69) is 28.7 Å². The average molecular weight is 412 g/mol. The lowest BCUT2D eigenvalue weighted by Gasteiger charge is -2.20. The average Bonchev–Trinajstić information content (AvgIpc) is 2.74. The predicted octanol–water partition coefficient (Wildman–Crippen LogP) is 4.29. The standard InChI is InChI=1S/C22H22ClN3O3/c1-4-26(5-2)16-9-6-14(7-10-16)12-18(23)20-24-19-13-15(22(28)29-3)8-11-17(19)21(27)25-20/h6-13H,4-5H2,1-3H3,(H,24,25,27)/b18-12+. The van der Waals surface area contributed by atoms with Crippen molar-refractivity contribution in [2.45, 2.75) is 13.8 Å². The number of nitrogens with zero attached hydrogens (tertiary/aromatic N) is 2. The van der Waals surface area contributed by atoms with Crippen LogP contribution in [-0.2, 0) is 4.74 Å². The highest BCUT2D eigenvalue weighted by Gasteiger charge is 2.11. The normalized spacial score (nSPS) is 11.5. The van der Waals surface area contributed by atoms with Gasteiger partial charge in [0.15, 0.2) is 5.82 Å². The Morgan fingerprint density at radius 2 is 1.86 bits per heavy atom. The largest absolute Gasteiger partial charge is 0.465 e. The van der Waals surface area contributed by atoms with E-state index >= 15 is 0 Å². The predicted molar refractivity (Wildman–Crippen MR) is 117 cm³/mol. The molecule has 0 atom stereocenters. The maximum atomic E-state index is 12.4. The van der Waals surface area contributed by atoms with Crippen molar-refractivity contribution in [1.29, 1.82) is 0 Å². The molecule has 3 rings (SSSR count). The van der Waals surface area contributed by atoms with E-state index in [1.54, 1.807) is 12.1 Å². The van der Waals surface area contributed by atoms with Crippen LogP contribution in [0.25, 0.3) is 22.0 Å². The Balaban J connectivity index is 1.96. The number of anilines is 1. The smallest absolute Gasteiger partial charge is 0.337 e. The third-order valence-corrected chi connectivity index (χ3v) is 4.96. The maximum absolute atomic E-state index is 12.4. The van der Waals surface area contributed by atoms with Crippen LogP contribution >= 0.6 is 11.6 Å². The number of esters is 1. The van der Waals surface area contributed by atoms with Gasteiger partial charge in [-0.05, 0) is 55.8 Å². The molecule has 0 amide bonds. The van der Waals surface area contributed by atoms with Crippen molar-refractivity contribution >= 4 is 45.3 Å². The molecule has 0 fully saturated rings. The van der Waals surface area contributed by atoms with Crippen molar-refractivity contribution in [3.05, 3.63) is 69.8 Å². The van der Waals surface area contributed by atoms with Crippen molar-refractivity contribution in [3.8, 4) is 0 Å². The number of fused-ring (bicyclic) bond motifs is 1. The molecule has 0 spiro atoms. The number of nitrogens with one attached hydrogen (secondary N) is 1. The highest BCUT2D eigenvalue weighted by atomic mass is 35.5. The minimum absolute atomic E-state index is 0.235. The number of aromatic amines is 1. The van der Waals surface area contributed by atoms with Crippen molar-refractivity contribution in [3.63, 3.8) is 0 Å². The number of carbonyl (C=O) groups is 1. The summed E-state index contributed by atoms with van der Waals surface area (Å²) in [5.41, 5.74) is 2.38. The SMILES string of the molecule is CCN(CC)c1ccc(/C=C(/Cl)c2nc3cc(C(=O)OC)ccc3c(=O)[nH]2)cc1. The minimum Gasteiger partial charge on any atom is -0.465 e. The third kappa shape index (κ3) is 4.49. The Kier molecular flexibility index (Phi) is 6.34. The molecule has 6 nitrogen and oxygen atoms in total. The molecule has 0 saturated carbocycles. The highest BCUT2D eigenvalue weighted by molar-refractivity contribution is 6.50. The molecular formula is C22H22ClN3O3. The first-order chi connectivity index (χ1) is 14.0. The summed E-state index contributed by atoms with van der Waals surface area (Å²) in [5, 5.41) is 0.664. The van der Waals surface area contributed by atoms with Crippen LogP contribution in [0.15, 0.2) is 47.3 Å². The Bertz CT molecular complexity index is 1120. The quantitative estimate of drug-likeness (QED) is 0.612. The van der Waals surface area contributed by atoms with E-state index in [4.69, 9.17) is 16.3 Å². The van der Waals surface area contributed by atoms with E-state index < -0.39 is 5.97 Å². The first-order valence-corrected chi connectivity index (χ1v) is 9.69. The van der Waals surface area contributed by atoms with E-state index in [1.807, 2.05) is 24.3 Å². The molecular weight excluding hydrogens is 390 g/mol. The van der Waals surface area contributed by atoms with Crippen LogP contribution in [-0.4, -0.2) is 36.1 Å². The molecule has 29 heavy (non-hydrogen) atoms. The van der Waals surface area contributed by atoms with Crippen molar-refractivity contribution in [2.24, 2.45) is 0 Å². The zero-order valence-electron chi connectivity index (χ0n) is 16.5. The van der Waals surface area contributed by atoms with Crippen LogP contribution in [0, 0.1) is 0 Å². The Hall–Kier alpha value is -3.12. The van der Waals surface area contributed by atoms with Crippen LogP contribution in [0.5, 0.6) is 0 Å². The van der Waals surface area contributed by atoms with Gasteiger partial charge in [0.2, 0.25) is 0 Å². The zero-order valence-corrected chi connectivity index (χ0v) is 17.3. The van der Waals surface area contributed by atoms with E-state index in [0.717, 1.165) is 24.3 Å². The first-order valence-electron chi connectivity index (χ1n) is 9.31. The molecule has 3 aromatic rings. The van der Waals surface area contributed by atoms with Crippen LogP contribution in [0.3, 0.4) is 0 Å². The van der Waals surface area contributed by atoms with Crippen molar-refractivity contribution in [1.82, 2.24) is 9.97 Å². The van der Waals surface area contributed by atoms with Gasteiger partial charge in [-0.15, -0.1) is 0 Å². The van der Waals surface area contributed by atoms with Gasteiger partial charge in [0, 0.05) is 18.8 Å². The molecule has 2 aromatic carbocycles. The Labute approximate surface area is 173 Å². The summed E-state index contributed by atoms with van der Waals surface area (Å²) in [6, 6.07) is 12.6. The number of rotatable bonds is 6. The number of methoxy groups -OCH3 is 1. The maximum Gasteiger partial charge on any atom is 0.337 e. The number of halogens is 1. The molecule has 0 bridgehead atoms. The van der Waals surface area contributed by atoms with Gasteiger partial charge in [-0.1, -0.05) is 23.7 Å². The van der Waals surface area contributed by atoms with Gasteiger partial charge in [0.05, 0.1) is 28.6 Å². The van der Waals surface area contributed by atoms with Crippen LogP contribution in [0.4, 0.5) is 5.69 Å². The van der Waals surface area contributed by atoms with Gasteiger partial charge in [0.1, 0.15) is 0 Å². The summed E-state index contributed by atoms with van der Waals surface area (Å²) >= 11 is 6.43. The summed E-state index contributed by atoms with van der Waals surface area (Å²) in [7, 11) is 1.30. The number of H-pyrrole nitrogens is 1. The number of carbonyl (C=O) groups excluding carboxylic acids is 1. The molecule has 1 N–H and O–H groups in total. The number of hydrogen-bond acceptors (Lipinski definition) is 5. The third-order valence-electron chi connectivity index (χ3n) is 4.67. The fourth-order valence-electron chi connectivity index (χ4n) is 3.08. The molecule has 0 unspecified atom stereocenters. The molecule has 1 heterocycles. The number of hydrogen-bond donors (Lipinski definition) is 1. The fraction of sp³-hybridized carbons (Fsp3) is 0.227. The zero-order chi connectivity index (χ0) is 21.0. The number of benzene rings is 2. The molecule has 0 aliphatic rings. The number of ether oxygens (including phenoxy) is 1. The van der Waals surface area contributed by atoms with E-state index in [1.165, 1.54) is 19.2 Å². The molecule has 150 valence electrons. The highest BCUT2D eigenvalue weighted by Crippen LogP contribution is 2.22. The van der Waals surface area contributed by atoms with Gasteiger partial charge < -0.3 is 14.6 Å². The first kappa shape index (κ1) is 20.6. The lowest BCUT2D eigenvalue weighted by molar-refractivity contribution is 0.0601. The van der Waals surface area contributed by atoms with Crippen LogP contribution in [0.1, 0.15) is 35.6 Å². The van der Waals surface area contributed by atoms with Gasteiger partial charge in [-0.3, -0.25) is 4.79 Å². The summed E-state index contributed by atoms with van der Waals surface area (Å²) in [5.74, 6) is -0.260. The minimum atomic E-state index is -0.495. The lowest BCUT2D eigenvalue weighted by atomic mass is 10.1.